The van der Waals surface area contributed by atoms with Crippen molar-refractivity contribution in [2.45, 2.75) is 25.7 Å². The second-order valence-electron chi connectivity index (χ2n) is 6.29. The van der Waals surface area contributed by atoms with Crippen molar-refractivity contribution < 1.29 is 4.74 Å². The second-order valence-corrected chi connectivity index (χ2v) is 6.29. The summed E-state index contributed by atoms with van der Waals surface area (Å²) >= 11 is 0. The molecule has 3 N–H and O–H groups in total. The van der Waals surface area contributed by atoms with Crippen LogP contribution in [0.1, 0.15) is 25.8 Å². The number of nitrogens with two attached hydrogens (primary N) is 1. The molecule has 2 heterocycles. The third kappa shape index (κ3) is 2.25. The van der Waals surface area contributed by atoms with Gasteiger partial charge in [-0.25, -0.2) is 4.68 Å². The van der Waals surface area contributed by atoms with E-state index in [2.05, 4.69) is 24.3 Å². The Morgan fingerprint density at radius 1 is 1.36 bits per heavy atom. The van der Waals surface area contributed by atoms with Gasteiger partial charge in [0.2, 0.25) is 5.88 Å². The number of hydrogen-bond donors (Lipinski definition) is 2. The van der Waals surface area contributed by atoms with Gasteiger partial charge < -0.3 is 15.8 Å². The molecule has 0 amide bonds. The summed E-state index contributed by atoms with van der Waals surface area (Å²) in [5, 5.41) is 8.05. The molecule has 1 fully saturated rings. The number of hydrogen-bond acceptors (Lipinski definition) is 4. The van der Waals surface area contributed by atoms with E-state index < -0.39 is 0 Å². The minimum Gasteiger partial charge on any atom is -0.480 e. The molecule has 0 spiro atoms. The Labute approximate surface area is 131 Å². The number of benzene rings is 1. The normalized spacial score (nSPS) is 25.1. The minimum absolute atomic E-state index is 0.0340. The number of nitrogen functional groups attached to an aromatic ring is 1. The molecule has 0 bridgehead atoms. The predicted molar refractivity (Wildman–Crippen MR) is 88.5 cm³/mol. The van der Waals surface area contributed by atoms with Crippen molar-refractivity contribution in [1.29, 1.82) is 0 Å². The summed E-state index contributed by atoms with van der Waals surface area (Å²) in [4.78, 5) is 0. The lowest BCUT2D eigenvalue weighted by molar-refractivity contribution is 0.231. The summed E-state index contributed by atoms with van der Waals surface area (Å²) in [5.74, 6) is 1.78. The average molecular weight is 300 g/mol. The molecule has 2 unspecified atom stereocenters. The van der Waals surface area contributed by atoms with Crippen molar-refractivity contribution in [2.75, 3.05) is 25.9 Å². The number of anilines is 1. The van der Waals surface area contributed by atoms with Gasteiger partial charge in [-0.2, -0.15) is 0 Å². The highest BCUT2D eigenvalue weighted by atomic mass is 16.5. The third-order valence-corrected chi connectivity index (χ3v) is 5.01. The fraction of sp³-hybridized carbons (Fsp3) is 0.471. The molecule has 1 saturated heterocycles. The van der Waals surface area contributed by atoms with Gasteiger partial charge in [-0.05, 0) is 37.6 Å². The third-order valence-electron chi connectivity index (χ3n) is 5.01. The summed E-state index contributed by atoms with van der Waals surface area (Å²) < 4.78 is 7.35. The maximum Gasteiger partial charge on any atom is 0.238 e. The van der Waals surface area contributed by atoms with Crippen molar-refractivity contribution in [3.8, 4) is 11.6 Å². The number of ether oxygens (including phenoxy) is 1. The first-order valence-corrected chi connectivity index (χ1v) is 7.77. The van der Waals surface area contributed by atoms with E-state index in [1.165, 1.54) is 0 Å². The van der Waals surface area contributed by atoms with E-state index in [9.17, 15) is 0 Å². The Bertz CT molecular complexity index is 652. The number of methoxy groups -OCH3 is 1. The van der Waals surface area contributed by atoms with Crippen LogP contribution >= 0.6 is 0 Å². The SMILES string of the molecule is COc1nn(-c2ccccc2)c(N)c1C1(C)CCNCC1C. The quantitative estimate of drug-likeness (QED) is 0.913. The molecule has 2 aromatic rings. The van der Waals surface area contributed by atoms with Gasteiger partial charge in [-0.1, -0.05) is 32.0 Å². The van der Waals surface area contributed by atoms with Crippen molar-refractivity contribution >= 4 is 5.82 Å². The molecule has 0 radical (unpaired) electrons. The van der Waals surface area contributed by atoms with Crippen LogP contribution in [-0.2, 0) is 5.41 Å². The zero-order chi connectivity index (χ0) is 15.7. The molecule has 1 aromatic carbocycles. The van der Waals surface area contributed by atoms with Crippen LogP contribution in [0.2, 0.25) is 0 Å². The van der Waals surface area contributed by atoms with Crippen LogP contribution in [0.25, 0.3) is 5.69 Å². The number of nitrogens with one attached hydrogen (secondary N) is 1. The van der Waals surface area contributed by atoms with Crippen molar-refractivity contribution in [1.82, 2.24) is 15.1 Å². The standard InChI is InChI=1S/C17H24N4O/c1-12-11-19-10-9-17(12,2)14-15(18)21(20-16(14)22-3)13-7-5-4-6-8-13/h4-8,12,19H,9-11,18H2,1-3H3. The maximum atomic E-state index is 6.49. The molecular weight excluding hydrogens is 276 g/mol. The predicted octanol–water partition coefficient (Wildman–Crippen LogP) is 2.35. The number of aromatic nitrogens is 2. The Morgan fingerprint density at radius 2 is 2.09 bits per heavy atom. The highest BCUT2D eigenvalue weighted by molar-refractivity contribution is 5.56. The summed E-state index contributed by atoms with van der Waals surface area (Å²) in [7, 11) is 1.66. The van der Waals surface area contributed by atoms with Crippen molar-refractivity contribution in [3.63, 3.8) is 0 Å². The second kappa shape index (κ2) is 5.65. The van der Waals surface area contributed by atoms with Crippen molar-refractivity contribution in [2.24, 2.45) is 5.92 Å². The van der Waals surface area contributed by atoms with Gasteiger partial charge >= 0.3 is 0 Å². The van der Waals surface area contributed by atoms with Gasteiger partial charge in [0.1, 0.15) is 5.82 Å². The van der Waals surface area contributed by atoms with E-state index in [0.29, 0.717) is 17.6 Å². The number of piperidine rings is 1. The number of nitrogens with zero attached hydrogens (tertiary/aromatic N) is 2. The molecule has 5 heteroatoms. The van der Waals surface area contributed by atoms with Crippen molar-refractivity contribution in [3.05, 3.63) is 35.9 Å². The van der Waals surface area contributed by atoms with E-state index in [-0.39, 0.29) is 5.41 Å². The first kappa shape index (κ1) is 14.9. The molecule has 22 heavy (non-hydrogen) atoms. The van der Waals surface area contributed by atoms with Crippen LogP contribution in [0.4, 0.5) is 5.82 Å². The molecule has 2 atom stereocenters. The molecule has 118 valence electrons. The summed E-state index contributed by atoms with van der Waals surface area (Å²) in [6, 6.07) is 9.95. The molecule has 5 nitrogen and oxygen atoms in total. The molecule has 0 saturated carbocycles. The van der Waals surface area contributed by atoms with Gasteiger partial charge in [0.15, 0.2) is 0 Å². The van der Waals surface area contributed by atoms with Crippen LogP contribution in [0, 0.1) is 5.92 Å². The average Bonchev–Trinajstić information content (AvgIpc) is 2.88. The molecule has 1 aromatic heterocycles. The van der Waals surface area contributed by atoms with Gasteiger partial charge in [-0.15, -0.1) is 5.10 Å². The monoisotopic (exact) mass is 300 g/mol. The Hall–Kier alpha value is -2.01. The van der Waals surface area contributed by atoms with E-state index in [1.807, 2.05) is 30.3 Å². The molecule has 1 aliphatic rings. The van der Waals surface area contributed by atoms with Crippen LogP contribution in [0.15, 0.2) is 30.3 Å². The molecule has 0 aliphatic carbocycles. The van der Waals surface area contributed by atoms with E-state index >= 15 is 0 Å². The highest BCUT2D eigenvalue weighted by Crippen LogP contribution is 2.45. The Kier molecular flexibility index (Phi) is 3.83. The fourth-order valence-corrected chi connectivity index (χ4v) is 3.37. The van der Waals surface area contributed by atoms with Gasteiger partial charge in [0, 0.05) is 5.41 Å². The minimum atomic E-state index is -0.0340. The lowest BCUT2D eigenvalue weighted by Gasteiger charge is -2.40. The zero-order valence-corrected chi connectivity index (χ0v) is 13.5. The lowest BCUT2D eigenvalue weighted by Crippen LogP contribution is -2.45. The zero-order valence-electron chi connectivity index (χ0n) is 13.5. The number of rotatable bonds is 3. The summed E-state index contributed by atoms with van der Waals surface area (Å²) in [6.07, 6.45) is 1.02. The molecular formula is C17H24N4O. The topological polar surface area (TPSA) is 65.1 Å². The largest absolute Gasteiger partial charge is 0.480 e. The van der Waals surface area contributed by atoms with E-state index in [1.54, 1.807) is 11.8 Å². The van der Waals surface area contributed by atoms with E-state index in [4.69, 9.17) is 10.5 Å². The summed E-state index contributed by atoms with van der Waals surface area (Å²) in [6.45, 7) is 6.49. The molecule has 3 rings (SSSR count). The molecule has 1 aliphatic heterocycles. The smallest absolute Gasteiger partial charge is 0.238 e. The van der Waals surface area contributed by atoms with E-state index in [0.717, 1.165) is 30.8 Å². The van der Waals surface area contributed by atoms with Crippen LogP contribution < -0.4 is 15.8 Å². The number of para-hydroxylation sites is 1. The Balaban J connectivity index is 2.14. The highest BCUT2D eigenvalue weighted by Gasteiger charge is 2.41. The summed E-state index contributed by atoms with van der Waals surface area (Å²) in [5.41, 5.74) is 8.44. The van der Waals surface area contributed by atoms with Gasteiger partial charge in [0.05, 0.1) is 18.4 Å². The Morgan fingerprint density at radius 3 is 2.73 bits per heavy atom. The van der Waals surface area contributed by atoms with Crippen LogP contribution in [-0.4, -0.2) is 30.0 Å². The van der Waals surface area contributed by atoms with Gasteiger partial charge in [-0.3, -0.25) is 0 Å². The first-order chi connectivity index (χ1) is 10.6. The first-order valence-electron chi connectivity index (χ1n) is 7.77. The maximum absolute atomic E-state index is 6.49. The van der Waals surface area contributed by atoms with Gasteiger partial charge in [0.25, 0.3) is 0 Å². The van der Waals surface area contributed by atoms with Crippen LogP contribution in [0.5, 0.6) is 5.88 Å². The lowest BCUT2D eigenvalue weighted by atomic mass is 9.69. The fourth-order valence-electron chi connectivity index (χ4n) is 3.37. The van der Waals surface area contributed by atoms with Crippen LogP contribution in [0.3, 0.4) is 0 Å².